The van der Waals surface area contributed by atoms with Crippen molar-refractivity contribution in [2.75, 3.05) is 39.6 Å². The summed E-state index contributed by atoms with van der Waals surface area (Å²) in [5, 5.41) is 8.32. The molecule has 0 bridgehead atoms. The minimum Gasteiger partial charge on any atom is -0.394 e. The molecule has 0 aromatic heterocycles. The van der Waals surface area contributed by atoms with Gasteiger partial charge in [0.1, 0.15) is 0 Å². The Labute approximate surface area is 79.4 Å². The quantitative estimate of drug-likeness (QED) is 0.531. The smallest absolute Gasteiger partial charge is 0.0701 e. The summed E-state index contributed by atoms with van der Waals surface area (Å²) in [5.41, 5.74) is 5.25. The molecule has 0 heterocycles. The van der Waals surface area contributed by atoms with Crippen LogP contribution in [0.2, 0.25) is 0 Å². The van der Waals surface area contributed by atoms with Crippen molar-refractivity contribution in [3.63, 3.8) is 0 Å². The van der Waals surface area contributed by atoms with E-state index in [1.54, 1.807) is 0 Å². The summed E-state index contributed by atoms with van der Waals surface area (Å²) in [5.74, 6) is 0. The van der Waals surface area contributed by atoms with Gasteiger partial charge in [-0.1, -0.05) is 0 Å². The van der Waals surface area contributed by atoms with E-state index in [4.69, 9.17) is 20.3 Å². The normalized spacial score (nSPS) is 9.50. The summed E-state index contributed by atoms with van der Waals surface area (Å²) in [4.78, 5) is 0. The van der Waals surface area contributed by atoms with E-state index in [1.807, 2.05) is 0 Å². The minimum atomic E-state index is 0. The topological polar surface area (TPSA) is 64.7 Å². The maximum absolute atomic E-state index is 8.32. The zero-order chi connectivity index (χ0) is 8.36. The number of ether oxygens (including phenoxy) is 2. The van der Waals surface area contributed by atoms with Crippen molar-refractivity contribution in [3.8, 4) is 0 Å². The second kappa shape index (κ2) is 13.7. The van der Waals surface area contributed by atoms with Crippen LogP contribution in [0.4, 0.5) is 0 Å². The molecule has 0 aliphatic carbocycles. The fraction of sp³-hybridized carbons (Fsp3) is 1.00. The first kappa shape index (κ1) is 14.6. The molecule has 0 fully saturated rings. The first-order valence-corrected chi connectivity index (χ1v) is 3.88. The van der Waals surface area contributed by atoms with Gasteiger partial charge in [-0.25, -0.2) is 0 Å². The third-order valence-corrected chi connectivity index (χ3v) is 1.10. The minimum absolute atomic E-state index is 0. The maximum atomic E-state index is 8.32. The average molecular weight is 200 g/mol. The molecule has 0 saturated carbocycles. The highest BCUT2D eigenvalue weighted by Gasteiger charge is 1.87. The van der Waals surface area contributed by atoms with Gasteiger partial charge in [0.2, 0.25) is 0 Å². The van der Waals surface area contributed by atoms with Gasteiger partial charge < -0.3 is 20.3 Å². The number of aliphatic hydroxyl groups excluding tert-OH is 1. The van der Waals surface area contributed by atoms with E-state index in [1.165, 1.54) is 0 Å². The summed E-state index contributed by atoms with van der Waals surface area (Å²) in [6.07, 6.45) is 0.889. The highest BCUT2D eigenvalue weighted by Crippen LogP contribution is 1.80. The van der Waals surface area contributed by atoms with Crippen LogP contribution in [0.1, 0.15) is 6.42 Å². The molecule has 0 radical (unpaired) electrons. The molecule has 12 heavy (non-hydrogen) atoms. The lowest BCUT2D eigenvalue weighted by Gasteiger charge is -2.02. The van der Waals surface area contributed by atoms with E-state index < -0.39 is 0 Å². The van der Waals surface area contributed by atoms with Gasteiger partial charge in [0.15, 0.2) is 0 Å². The van der Waals surface area contributed by atoms with Crippen LogP contribution in [0.25, 0.3) is 0 Å². The van der Waals surface area contributed by atoms with Crippen molar-refractivity contribution in [3.05, 3.63) is 0 Å². The van der Waals surface area contributed by atoms with Crippen LogP contribution in [0.5, 0.6) is 0 Å². The lowest BCUT2D eigenvalue weighted by Crippen LogP contribution is -2.10. The number of aliphatic hydroxyl groups is 1. The van der Waals surface area contributed by atoms with Gasteiger partial charge in [-0.05, 0) is 13.0 Å². The summed E-state index contributed by atoms with van der Waals surface area (Å²) >= 11 is 0. The van der Waals surface area contributed by atoms with Crippen LogP contribution < -0.4 is 5.73 Å². The Morgan fingerprint density at radius 1 is 1.00 bits per heavy atom. The van der Waals surface area contributed by atoms with Crippen molar-refractivity contribution in [2.45, 2.75) is 6.42 Å². The summed E-state index contributed by atoms with van der Waals surface area (Å²) in [7, 11) is 0. The van der Waals surface area contributed by atoms with Gasteiger partial charge >= 0.3 is 0 Å². The molecule has 0 spiro atoms. The van der Waals surface area contributed by atoms with Gasteiger partial charge in [0.05, 0.1) is 26.4 Å². The molecule has 0 aliphatic rings. The summed E-state index contributed by atoms with van der Waals surface area (Å²) in [6.45, 7) is 2.95. The summed E-state index contributed by atoms with van der Waals surface area (Å²) in [6, 6.07) is 0. The van der Waals surface area contributed by atoms with Crippen molar-refractivity contribution < 1.29 is 14.6 Å². The Morgan fingerprint density at radius 3 is 2.08 bits per heavy atom. The highest BCUT2D eigenvalue weighted by atomic mass is 35.5. The van der Waals surface area contributed by atoms with Crippen molar-refractivity contribution in [1.29, 1.82) is 0 Å². The van der Waals surface area contributed by atoms with Crippen LogP contribution in [0.3, 0.4) is 0 Å². The third-order valence-electron chi connectivity index (χ3n) is 1.10. The first-order chi connectivity index (χ1) is 5.41. The largest absolute Gasteiger partial charge is 0.394 e. The molecule has 0 amide bonds. The Hall–Kier alpha value is 0.130. The Morgan fingerprint density at radius 2 is 1.58 bits per heavy atom. The zero-order valence-corrected chi connectivity index (χ0v) is 8.02. The third kappa shape index (κ3) is 12.8. The van der Waals surface area contributed by atoms with E-state index in [2.05, 4.69) is 0 Å². The molecule has 0 aromatic carbocycles. The molecule has 3 N–H and O–H groups in total. The highest BCUT2D eigenvalue weighted by molar-refractivity contribution is 5.85. The van der Waals surface area contributed by atoms with Crippen LogP contribution in [-0.2, 0) is 9.47 Å². The zero-order valence-electron chi connectivity index (χ0n) is 7.20. The number of hydrogen-bond acceptors (Lipinski definition) is 4. The van der Waals surface area contributed by atoms with E-state index >= 15 is 0 Å². The monoisotopic (exact) mass is 199 g/mol. The Kier molecular flexibility index (Phi) is 16.7. The molecule has 0 atom stereocenters. The molecule has 0 rings (SSSR count). The molecule has 0 saturated heterocycles. The predicted octanol–water partition coefficient (Wildman–Crippen LogP) is -0.218. The van der Waals surface area contributed by atoms with Crippen LogP contribution >= 0.6 is 12.4 Å². The van der Waals surface area contributed by atoms with E-state index in [-0.39, 0.29) is 19.0 Å². The van der Waals surface area contributed by atoms with Crippen molar-refractivity contribution in [2.24, 2.45) is 5.73 Å². The predicted molar refractivity (Wildman–Crippen MR) is 49.6 cm³/mol. The van der Waals surface area contributed by atoms with Crippen LogP contribution in [0, 0.1) is 0 Å². The SMILES string of the molecule is Cl.NCCCOCCOCCO. The van der Waals surface area contributed by atoms with Gasteiger partial charge in [0.25, 0.3) is 0 Å². The molecular weight excluding hydrogens is 182 g/mol. The molecule has 5 heteroatoms. The van der Waals surface area contributed by atoms with Gasteiger partial charge in [-0.2, -0.15) is 0 Å². The second-order valence-electron chi connectivity index (χ2n) is 2.09. The summed E-state index contributed by atoms with van der Waals surface area (Å²) < 4.78 is 10.1. The fourth-order valence-electron chi connectivity index (χ4n) is 0.572. The molecule has 0 aliphatic heterocycles. The van der Waals surface area contributed by atoms with Gasteiger partial charge in [-0.3, -0.25) is 0 Å². The van der Waals surface area contributed by atoms with Crippen LogP contribution in [0.15, 0.2) is 0 Å². The number of hydrogen-bond donors (Lipinski definition) is 2. The fourth-order valence-corrected chi connectivity index (χ4v) is 0.572. The lowest BCUT2D eigenvalue weighted by molar-refractivity contribution is 0.0329. The van der Waals surface area contributed by atoms with E-state index in [0.717, 1.165) is 6.42 Å². The number of halogens is 1. The standard InChI is InChI=1S/C7H17NO3.ClH/c8-2-1-4-10-6-7-11-5-3-9;/h9H,1-8H2;1H. The molecular formula is C7H18ClNO3. The number of nitrogens with two attached hydrogens (primary N) is 1. The Bertz CT molecular complexity index is 67.7. The lowest BCUT2D eigenvalue weighted by atomic mass is 10.5. The van der Waals surface area contributed by atoms with Gasteiger partial charge in [0, 0.05) is 6.61 Å². The van der Waals surface area contributed by atoms with Crippen LogP contribution in [-0.4, -0.2) is 44.7 Å². The molecule has 0 aromatic rings. The Balaban J connectivity index is 0. The molecule has 76 valence electrons. The van der Waals surface area contributed by atoms with E-state index in [0.29, 0.717) is 33.0 Å². The maximum Gasteiger partial charge on any atom is 0.0701 e. The van der Waals surface area contributed by atoms with Gasteiger partial charge in [-0.15, -0.1) is 12.4 Å². The second-order valence-corrected chi connectivity index (χ2v) is 2.09. The van der Waals surface area contributed by atoms with Crippen molar-refractivity contribution >= 4 is 12.4 Å². The average Bonchev–Trinajstić information content (AvgIpc) is 2.03. The molecule has 4 nitrogen and oxygen atoms in total. The number of rotatable bonds is 8. The first-order valence-electron chi connectivity index (χ1n) is 3.88. The van der Waals surface area contributed by atoms with E-state index in [9.17, 15) is 0 Å². The molecule has 0 unspecified atom stereocenters. The van der Waals surface area contributed by atoms with Crippen molar-refractivity contribution in [1.82, 2.24) is 0 Å².